The van der Waals surface area contributed by atoms with Crippen molar-refractivity contribution in [2.75, 3.05) is 31.1 Å². The summed E-state index contributed by atoms with van der Waals surface area (Å²) in [4.78, 5) is 0. The van der Waals surface area contributed by atoms with Gasteiger partial charge in [-0.3, -0.25) is 0 Å². The molecule has 0 spiro atoms. The molecule has 106 valence electrons. The predicted molar refractivity (Wildman–Crippen MR) is 69.6 cm³/mol. The molecule has 2 heterocycles. The standard InChI is InChI=1S/C10H20N2O4S2/c1-9-8-12(5-4-11-9)18(15,16)10-2-6-17(13,14)7-3-10/h9-11H,2-8H2,1H3. The molecule has 1 N–H and O–H groups in total. The van der Waals surface area contributed by atoms with Gasteiger partial charge in [-0.05, 0) is 19.8 Å². The van der Waals surface area contributed by atoms with Crippen LogP contribution in [0.1, 0.15) is 19.8 Å². The summed E-state index contributed by atoms with van der Waals surface area (Å²) in [5.74, 6) is -0.00290. The lowest BCUT2D eigenvalue weighted by molar-refractivity contribution is 0.306. The highest BCUT2D eigenvalue weighted by Gasteiger charge is 2.37. The van der Waals surface area contributed by atoms with E-state index < -0.39 is 25.1 Å². The van der Waals surface area contributed by atoms with Crippen molar-refractivity contribution >= 4 is 19.9 Å². The van der Waals surface area contributed by atoms with E-state index in [1.54, 1.807) is 0 Å². The second-order valence-corrected chi connectivity index (χ2v) is 9.63. The Hall–Kier alpha value is -0.180. The van der Waals surface area contributed by atoms with E-state index in [0.29, 0.717) is 19.6 Å². The van der Waals surface area contributed by atoms with E-state index in [-0.39, 0.29) is 30.4 Å². The molecule has 0 saturated carbocycles. The van der Waals surface area contributed by atoms with Crippen LogP contribution < -0.4 is 5.32 Å². The zero-order valence-corrected chi connectivity index (χ0v) is 12.1. The average molecular weight is 296 g/mol. The lowest BCUT2D eigenvalue weighted by atomic mass is 10.2. The van der Waals surface area contributed by atoms with Crippen LogP contribution in [0.5, 0.6) is 0 Å². The largest absolute Gasteiger partial charge is 0.312 e. The minimum atomic E-state index is -3.34. The summed E-state index contributed by atoms with van der Waals surface area (Å²) in [6.45, 7) is 3.57. The Labute approximate surface area is 109 Å². The smallest absolute Gasteiger partial charge is 0.217 e. The second kappa shape index (κ2) is 5.07. The summed E-state index contributed by atoms with van der Waals surface area (Å²) < 4.78 is 49.0. The molecule has 0 bridgehead atoms. The fourth-order valence-corrected chi connectivity index (χ4v) is 6.33. The number of nitrogens with zero attached hydrogens (tertiary/aromatic N) is 1. The summed E-state index contributed by atoms with van der Waals surface area (Å²) in [5, 5.41) is 2.68. The third kappa shape index (κ3) is 3.04. The monoisotopic (exact) mass is 296 g/mol. The van der Waals surface area contributed by atoms with E-state index in [1.807, 2.05) is 6.92 Å². The van der Waals surface area contributed by atoms with Crippen LogP contribution in [0.25, 0.3) is 0 Å². The first kappa shape index (κ1) is 14.2. The SMILES string of the molecule is CC1CN(S(=O)(=O)C2CCS(=O)(=O)CC2)CCN1. The summed E-state index contributed by atoms with van der Waals surface area (Å²) in [5.41, 5.74) is 0. The van der Waals surface area contributed by atoms with Crippen LogP contribution in [-0.4, -0.2) is 63.6 Å². The second-order valence-electron chi connectivity index (χ2n) is 5.11. The van der Waals surface area contributed by atoms with Gasteiger partial charge in [0.1, 0.15) is 9.84 Å². The number of hydrogen-bond donors (Lipinski definition) is 1. The molecule has 2 fully saturated rings. The van der Waals surface area contributed by atoms with Gasteiger partial charge in [-0.1, -0.05) is 0 Å². The van der Waals surface area contributed by atoms with E-state index in [0.717, 1.165) is 0 Å². The molecule has 1 unspecified atom stereocenters. The number of piperazine rings is 1. The molecule has 18 heavy (non-hydrogen) atoms. The van der Waals surface area contributed by atoms with Gasteiger partial charge in [0.25, 0.3) is 0 Å². The van der Waals surface area contributed by atoms with Crippen LogP contribution >= 0.6 is 0 Å². The van der Waals surface area contributed by atoms with Crippen LogP contribution in [0, 0.1) is 0 Å². The Kier molecular flexibility index (Phi) is 4.01. The molecular formula is C10H20N2O4S2. The van der Waals surface area contributed by atoms with Gasteiger partial charge in [-0.2, -0.15) is 4.31 Å². The van der Waals surface area contributed by atoms with E-state index in [2.05, 4.69) is 5.32 Å². The van der Waals surface area contributed by atoms with Crippen LogP contribution in [-0.2, 0) is 19.9 Å². The van der Waals surface area contributed by atoms with Crippen molar-refractivity contribution in [2.24, 2.45) is 0 Å². The Bertz CT molecular complexity index is 486. The lowest BCUT2D eigenvalue weighted by Crippen LogP contribution is -2.54. The summed E-state index contributed by atoms with van der Waals surface area (Å²) in [6.07, 6.45) is 0.478. The highest BCUT2D eigenvalue weighted by atomic mass is 32.2. The summed E-state index contributed by atoms with van der Waals surface area (Å²) in [7, 11) is -6.35. The van der Waals surface area contributed by atoms with Crippen molar-refractivity contribution < 1.29 is 16.8 Å². The molecular weight excluding hydrogens is 276 g/mol. The van der Waals surface area contributed by atoms with E-state index in [1.165, 1.54) is 4.31 Å². The van der Waals surface area contributed by atoms with Gasteiger partial charge < -0.3 is 5.32 Å². The first-order chi connectivity index (χ1) is 8.31. The molecule has 0 aliphatic carbocycles. The van der Waals surface area contributed by atoms with Crippen LogP contribution in [0.15, 0.2) is 0 Å². The van der Waals surface area contributed by atoms with Crippen molar-refractivity contribution in [3.05, 3.63) is 0 Å². The van der Waals surface area contributed by atoms with Crippen molar-refractivity contribution in [1.82, 2.24) is 9.62 Å². The molecule has 2 rings (SSSR count). The Morgan fingerprint density at radius 1 is 1.22 bits per heavy atom. The highest BCUT2D eigenvalue weighted by molar-refractivity contribution is 7.92. The van der Waals surface area contributed by atoms with Crippen molar-refractivity contribution in [2.45, 2.75) is 31.1 Å². The average Bonchev–Trinajstić information content (AvgIpc) is 2.28. The Balaban J connectivity index is 2.07. The lowest BCUT2D eigenvalue weighted by Gasteiger charge is -2.34. The number of rotatable bonds is 2. The quantitative estimate of drug-likeness (QED) is 0.720. The van der Waals surface area contributed by atoms with E-state index in [9.17, 15) is 16.8 Å². The third-order valence-corrected chi connectivity index (χ3v) is 7.70. The molecule has 0 aromatic carbocycles. The fourth-order valence-electron chi connectivity index (χ4n) is 2.51. The third-order valence-electron chi connectivity index (χ3n) is 3.61. The van der Waals surface area contributed by atoms with Gasteiger partial charge in [0.05, 0.1) is 16.8 Å². The highest BCUT2D eigenvalue weighted by Crippen LogP contribution is 2.23. The minimum Gasteiger partial charge on any atom is -0.312 e. The molecule has 8 heteroatoms. The minimum absolute atomic E-state index is 0.00145. The normalized spacial score (nSPS) is 31.3. The van der Waals surface area contributed by atoms with Crippen molar-refractivity contribution in [1.29, 1.82) is 0 Å². The van der Waals surface area contributed by atoms with Crippen LogP contribution in [0.2, 0.25) is 0 Å². The maximum absolute atomic E-state index is 12.4. The maximum Gasteiger partial charge on any atom is 0.217 e. The number of hydrogen-bond acceptors (Lipinski definition) is 5. The van der Waals surface area contributed by atoms with Gasteiger partial charge in [0.2, 0.25) is 10.0 Å². The van der Waals surface area contributed by atoms with Crippen LogP contribution in [0.4, 0.5) is 0 Å². The van der Waals surface area contributed by atoms with Gasteiger partial charge >= 0.3 is 0 Å². The molecule has 2 aliphatic heterocycles. The maximum atomic E-state index is 12.4. The molecule has 1 atom stereocenters. The topological polar surface area (TPSA) is 83.6 Å². The van der Waals surface area contributed by atoms with E-state index >= 15 is 0 Å². The van der Waals surface area contributed by atoms with Gasteiger partial charge in [0.15, 0.2) is 0 Å². The molecule has 0 radical (unpaired) electrons. The van der Waals surface area contributed by atoms with E-state index in [4.69, 9.17) is 0 Å². The van der Waals surface area contributed by atoms with Gasteiger partial charge in [-0.15, -0.1) is 0 Å². The number of nitrogens with one attached hydrogen (secondary N) is 1. The molecule has 0 aromatic heterocycles. The Morgan fingerprint density at radius 2 is 1.83 bits per heavy atom. The summed E-state index contributed by atoms with van der Waals surface area (Å²) >= 11 is 0. The first-order valence-electron chi connectivity index (χ1n) is 6.24. The van der Waals surface area contributed by atoms with Crippen LogP contribution in [0.3, 0.4) is 0 Å². The molecule has 0 aromatic rings. The molecule has 6 nitrogen and oxygen atoms in total. The molecule has 2 saturated heterocycles. The van der Waals surface area contributed by atoms with Crippen molar-refractivity contribution in [3.8, 4) is 0 Å². The Morgan fingerprint density at radius 3 is 2.39 bits per heavy atom. The summed E-state index contributed by atoms with van der Waals surface area (Å²) in [6, 6.07) is 0.154. The van der Waals surface area contributed by atoms with Crippen molar-refractivity contribution in [3.63, 3.8) is 0 Å². The molecule has 0 amide bonds. The first-order valence-corrected chi connectivity index (χ1v) is 9.56. The van der Waals surface area contributed by atoms with Gasteiger partial charge in [0, 0.05) is 25.7 Å². The number of sulfone groups is 1. The zero-order valence-electron chi connectivity index (χ0n) is 10.5. The number of sulfonamides is 1. The zero-order chi connectivity index (χ0) is 13.4. The van der Waals surface area contributed by atoms with Gasteiger partial charge in [-0.25, -0.2) is 16.8 Å². The molecule has 2 aliphatic rings. The fraction of sp³-hybridized carbons (Fsp3) is 1.00. The predicted octanol–water partition coefficient (Wildman–Crippen LogP) is -0.813.